The number of carbonyl (C=O) groups is 2. The molecule has 0 saturated heterocycles. The van der Waals surface area contributed by atoms with Crippen molar-refractivity contribution in [2.24, 2.45) is 5.92 Å². The van der Waals surface area contributed by atoms with Crippen molar-refractivity contribution < 1.29 is 27.2 Å². The van der Waals surface area contributed by atoms with E-state index >= 15 is 0 Å². The number of hydrogen-bond donors (Lipinski definition) is 2. The summed E-state index contributed by atoms with van der Waals surface area (Å²) in [5, 5.41) is 4.89. The third kappa shape index (κ3) is 4.46. The molecule has 1 aromatic rings. The molecule has 1 aliphatic carbocycles. The summed E-state index contributed by atoms with van der Waals surface area (Å²) in [4.78, 5) is 23.7. The van der Waals surface area contributed by atoms with E-state index in [0.29, 0.717) is 12.1 Å². The maximum absolute atomic E-state index is 13.3. The van der Waals surface area contributed by atoms with E-state index in [9.17, 15) is 27.2 Å². The van der Waals surface area contributed by atoms with Crippen LogP contribution in [0.5, 0.6) is 0 Å². The van der Waals surface area contributed by atoms with Crippen molar-refractivity contribution in [2.45, 2.75) is 44.8 Å². The summed E-state index contributed by atoms with van der Waals surface area (Å²) in [6.07, 6.45) is -1.47. The number of rotatable bonds is 4. The summed E-state index contributed by atoms with van der Waals surface area (Å²) in [7, 11) is 0. The second-order valence-electron chi connectivity index (χ2n) is 5.90. The molecule has 1 saturated carbocycles. The average molecular weight is 346 g/mol. The highest BCUT2D eigenvalue weighted by Gasteiger charge is 2.35. The van der Waals surface area contributed by atoms with E-state index in [1.807, 2.05) is 0 Å². The number of halogens is 4. The molecular weight excluding hydrogens is 328 g/mol. The maximum atomic E-state index is 13.3. The van der Waals surface area contributed by atoms with Crippen LogP contribution in [0.1, 0.15) is 38.2 Å². The predicted octanol–water partition coefficient (Wildman–Crippen LogP) is 3.48. The van der Waals surface area contributed by atoms with Crippen molar-refractivity contribution in [2.75, 3.05) is 5.32 Å². The van der Waals surface area contributed by atoms with Crippen LogP contribution in [0.3, 0.4) is 0 Å². The van der Waals surface area contributed by atoms with Crippen LogP contribution in [-0.2, 0) is 15.8 Å². The van der Waals surface area contributed by atoms with Crippen molar-refractivity contribution in [3.05, 3.63) is 29.6 Å². The van der Waals surface area contributed by atoms with E-state index in [1.165, 1.54) is 6.92 Å². The molecule has 2 N–H and O–H groups in total. The molecule has 0 heterocycles. The molecule has 24 heavy (non-hydrogen) atoms. The van der Waals surface area contributed by atoms with E-state index in [0.717, 1.165) is 31.7 Å². The summed E-state index contributed by atoms with van der Waals surface area (Å²) in [5.74, 6) is -2.46. The fourth-order valence-electron chi connectivity index (χ4n) is 2.95. The number of carbonyl (C=O) groups excluding carboxylic acids is 2. The first-order chi connectivity index (χ1) is 11.2. The van der Waals surface area contributed by atoms with Gasteiger partial charge in [-0.15, -0.1) is 0 Å². The lowest BCUT2D eigenvalue weighted by atomic mass is 9.97. The normalized spacial score (nSPS) is 16.7. The molecule has 1 aliphatic rings. The Morgan fingerprint density at radius 1 is 1.21 bits per heavy atom. The van der Waals surface area contributed by atoms with Crippen LogP contribution < -0.4 is 10.6 Å². The zero-order valence-electron chi connectivity index (χ0n) is 13.0. The molecule has 1 atom stereocenters. The Hall–Kier alpha value is -2.12. The molecule has 0 spiro atoms. The van der Waals surface area contributed by atoms with Crippen molar-refractivity contribution in [3.8, 4) is 0 Å². The van der Waals surface area contributed by atoms with Crippen LogP contribution in [0.15, 0.2) is 18.2 Å². The number of alkyl halides is 3. The highest BCUT2D eigenvalue weighted by molar-refractivity contribution is 5.97. The molecule has 4 nitrogen and oxygen atoms in total. The standard InChI is InChI=1S/C16H18F4N2O2/c1-9(23)21-14(10-4-2-3-5-10)15(24)22-11-6-7-13(17)12(8-11)16(18,19)20/h6-8,10,14H,2-5H2,1H3,(H,21,23)(H,22,24)/t14-/m1/s1. The molecule has 0 bridgehead atoms. The molecule has 2 amide bonds. The SMILES string of the molecule is CC(=O)N[C@@H](C(=O)Nc1ccc(F)c(C(F)(F)F)c1)C1CCCC1. The van der Waals surface area contributed by atoms with Crippen molar-refractivity contribution in [1.29, 1.82) is 0 Å². The van der Waals surface area contributed by atoms with Gasteiger partial charge in [0.05, 0.1) is 5.56 Å². The van der Waals surface area contributed by atoms with Crippen LogP contribution in [0.25, 0.3) is 0 Å². The van der Waals surface area contributed by atoms with Gasteiger partial charge < -0.3 is 10.6 Å². The van der Waals surface area contributed by atoms with E-state index in [2.05, 4.69) is 10.6 Å². The summed E-state index contributed by atoms with van der Waals surface area (Å²) < 4.78 is 51.5. The Bertz CT molecular complexity index is 625. The first-order valence-corrected chi connectivity index (χ1v) is 7.63. The molecule has 0 aliphatic heterocycles. The Morgan fingerprint density at radius 3 is 2.38 bits per heavy atom. The summed E-state index contributed by atoms with van der Waals surface area (Å²) in [5.41, 5.74) is -1.61. The van der Waals surface area contributed by atoms with Gasteiger partial charge in [0.1, 0.15) is 11.9 Å². The van der Waals surface area contributed by atoms with Gasteiger partial charge >= 0.3 is 6.18 Å². The fraction of sp³-hybridized carbons (Fsp3) is 0.500. The van der Waals surface area contributed by atoms with Crippen LogP contribution in [-0.4, -0.2) is 17.9 Å². The van der Waals surface area contributed by atoms with E-state index < -0.39 is 35.4 Å². The van der Waals surface area contributed by atoms with E-state index in [-0.39, 0.29) is 11.6 Å². The van der Waals surface area contributed by atoms with E-state index in [1.54, 1.807) is 0 Å². The quantitative estimate of drug-likeness (QED) is 0.820. The minimum Gasteiger partial charge on any atom is -0.344 e. The molecule has 132 valence electrons. The molecular formula is C16H18F4N2O2. The molecule has 1 aromatic carbocycles. The van der Waals surface area contributed by atoms with Crippen molar-refractivity contribution in [1.82, 2.24) is 5.32 Å². The summed E-state index contributed by atoms with van der Waals surface area (Å²) in [6.45, 7) is 1.27. The van der Waals surface area contributed by atoms with Gasteiger partial charge in [-0.3, -0.25) is 9.59 Å². The average Bonchev–Trinajstić information content (AvgIpc) is 2.99. The van der Waals surface area contributed by atoms with Crippen LogP contribution in [0.2, 0.25) is 0 Å². The summed E-state index contributed by atoms with van der Waals surface area (Å²) >= 11 is 0. The topological polar surface area (TPSA) is 58.2 Å². The van der Waals surface area contributed by atoms with Crippen LogP contribution >= 0.6 is 0 Å². The lowest BCUT2D eigenvalue weighted by Crippen LogP contribution is -2.47. The zero-order valence-corrected chi connectivity index (χ0v) is 13.0. The predicted molar refractivity (Wildman–Crippen MR) is 79.6 cm³/mol. The van der Waals surface area contributed by atoms with Gasteiger partial charge in [0.15, 0.2) is 0 Å². The van der Waals surface area contributed by atoms with Gasteiger partial charge in [-0.25, -0.2) is 4.39 Å². The Morgan fingerprint density at radius 2 is 1.83 bits per heavy atom. The molecule has 2 rings (SSSR count). The maximum Gasteiger partial charge on any atom is 0.419 e. The smallest absolute Gasteiger partial charge is 0.344 e. The number of benzene rings is 1. The molecule has 1 fully saturated rings. The van der Waals surface area contributed by atoms with Crippen molar-refractivity contribution in [3.63, 3.8) is 0 Å². The highest BCUT2D eigenvalue weighted by Crippen LogP contribution is 2.33. The van der Waals surface area contributed by atoms with Gasteiger partial charge in [-0.2, -0.15) is 13.2 Å². The third-order valence-electron chi connectivity index (χ3n) is 4.05. The molecule has 0 aromatic heterocycles. The lowest BCUT2D eigenvalue weighted by molar-refractivity contribution is -0.140. The number of anilines is 1. The Labute approximate surface area is 136 Å². The lowest BCUT2D eigenvalue weighted by Gasteiger charge is -2.23. The largest absolute Gasteiger partial charge is 0.419 e. The Kier molecular flexibility index (Phi) is 5.46. The third-order valence-corrected chi connectivity index (χ3v) is 4.05. The van der Waals surface area contributed by atoms with Gasteiger partial charge in [0, 0.05) is 12.6 Å². The first kappa shape index (κ1) is 18.2. The number of amides is 2. The number of nitrogens with one attached hydrogen (secondary N) is 2. The van der Waals surface area contributed by atoms with Gasteiger partial charge in [0.25, 0.3) is 0 Å². The second kappa shape index (κ2) is 7.19. The summed E-state index contributed by atoms with van der Waals surface area (Å²) in [6, 6.07) is 1.44. The number of hydrogen-bond acceptors (Lipinski definition) is 2. The van der Waals surface area contributed by atoms with Crippen LogP contribution in [0, 0.1) is 11.7 Å². The second-order valence-corrected chi connectivity index (χ2v) is 5.90. The molecule has 0 unspecified atom stereocenters. The molecule has 8 heteroatoms. The molecule has 0 radical (unpaired) electrons. The monoisotopic (exact) mass is 346 g/mol. The van der Waals surface area contributed by atoms with E-state index in [4.69, 9.17) is 0 Å². The first-order valence-electron chi connectivity index (χ1n) is 7.63. The van der Waals surface area contributed by atoms with Gasteiger partial charge in [-0.05, 0) is 37.0 Å². The highest BCUT2D eigenvalue weighted by atomic mass is 19.4. The van der Waals surface area contributed by atoms with Crippen LogP contribution in [0.4, 0.5) is 23.2 Å². The fourth-order valence-corrected chi connectivity index (χ4v) is 2.95. The van der Waals surface area contributed by atoms with Crippen molar-refractivity contribution >= 4 is 17.5 Å². The minimum absolute atomic E-state index is 0.0589. The van der Waals surface area contributed by atoms with Gasteiger partial charge in [-0.1, -0.05) is 12.8 Å². The van der Waals surface area contributed by atoms with Gasteiger partial charge in [0.2, 0.25) is 11.8 Å². The zero-order chi connectivity index (χ0) is 17.9. The Balaban J connectivity index is 2.18. The minimum atomic E-state index is -4.85.